The fraction of sp³-hybridized carbons (Fsp3) is 0.909. The van der Waals surface area contributed by atoms with Crippen LogP contribution in [0.5, 0.6) is 0 Å². The van der Waals surface area contributed by atoms with Gasteiger partial charge in [-0.15, -0.1) is 0 Å². The Balaban J connectivity index is 2.07. The molecule has 7 unspecified atom stereocenters. The first-order chi connectivity index (χ1) is 42.3. The van der Waals surface area contributed by atoms with Gasteiger partial charge >= 0.3 is 0 Å². The second-order valence-electron chi connectivity index (χ2n) is 26.8. The second kappa shape index (κ2) is 66.3. The lowest BCUT2D eigenvalue weighted by Crippen LogP contribution is -2.60. The van der Waals surface area contributed by atoms with Gasteiger partial charge in [0.2, 0.25) is 5.91 Å². The molecule has 86 heavy (non-hydrogen) atoms. The number of allylic oxidation sites excluding steroid dienone is 6. The Morgan fingerprint density at radius 2 is 0.686 bits per heavy atom. The summed E-state index contributed by atoms with van der Waals surface area (Å²) in [5.74, 6) is -0.136. The average molecular weight is 1220 g/mol. The Bertz CT molecular complexity index is 1450. The van der Waals surface area contributed by atoms with E-state index in [1.165, 1.54) is 315 Å². The minimum atomic E-state index is -1.55. The van der Waals surface area contributed by atoms with Gasteiger partial charge in [0, 0.05) is 6.42 Å². The van der Waals surface area contributed by atoms with Crippen molar-refractivity contribution in [1.29, 1.82) is 0 Å². The van der Waals surface area contributed by atoms with Crippen molar-refractivity contribution in [1.82, 2.24) is 5.32 Å². The Labute approximate surface area is 533 Å². The summed E-state index contributed by atoms with van der Waals surface area (Å²) in [7, 11) is 0. The summed E-state index contributed by atoms with van der Waals surface area (Å²) in [5, 5.41) is 55.1. The summed E-state index contributed by atoms with van der Waals surface area (Å²) < 4.78 is 11.4. The van der Waals surface area contributed by atoms with E-state index in [1.807, 2.05) is 0 Å². The predicted molar refractivity (Wildman–Crippen MR) is 369 cm³/mol. The zero-order valence-corrected chi connectivity index (χ0v) is 57.1. The highest BCUT2D eigenvalue weighted by Crippen LogP contribution is 2.24. The molecule has 1 aliphatic rings. The number of aliphatic hydroxyl groups is 5. The topological polar surface area (TPSA) is 149 Å². The van der Waals surface area contributed by atoms with Crippen molar-refractivity contribution in [3.63, 3.8) is 0 Å². The lowest BCUT2D eigenvalue weighted by Gasteiger charge is -2.40. The van der Waals surface area contributed by atoms with E-state index in [0.717, 1.165) is 51.4 Å². The highest BCUT2D eigenvalue weighted by molar-refractivity contribution is 5.76. The van der Waals surface area contributed by atoms with Crippen molar-refractivity contribution in [3.05, 3.63) is 36.5 Å². The van der Waals surface area contributed by atoms with Crippen LogP contribution in [-0.2, 0) is 14.3 Å². The van der Waals surface area contributed by atoms with Gasteiger partial charge in [0.25, 0.3) is 0 Å². The third kappa shape index (κ3) is 54.2. The van der Waals surface area contributed by atoms with Crippen LogP contribution in [0, 0.1) is 0 Å². The van der Waals surface area contributed by atoms with E-state index in [0.29, 0.717) is 12.8 Å². The van der Waals surface area contributed by atoms with Gasteiger partial charge in [-0.25, -0.2) is 0 Å². The first kappa shape index (κ1) is 82.4. The summed E-state index contributed by atoms with van der Waals surface area (Å²) in [6.45, 7) is 3.89. The number of rotatable bonds is 68. The van der Waals surface area contributed by atoms with E-state index in [-0.39, 0.29) is 12.5 Å². The van der Waals surface area contributed by atoms with Gasteiger partial charge in [-0.1, -0.05) is 371 Å². The molecule has 0 aromatic carbocycles. The smallest absolute Gasteiger partial charge is 0.220 e. The Hall–Kier alpha value is -1.59. The van der Waals surface area contributed by atoms with Crippen LogP contribution in [0.1, 0.15) is 393 Å². The molecule has 508 valence electrons. The number of carbonyl (C=O) groups is 1. The van der Waals surface area contributed by atoms with Gasteiger partial charge in [-0.05, 0) is 51.4 Å². The van der Waals surface area contributed by atoms with Crippen LogP contribution in [0.3, 0.4) is 0 Å². The van der Waals surface area contributed by atoms with E-state index in [2.05, 4.69) is 55.6 Å². The predicted octanol–water partition coefficient (Wildman–Crippen LogP) is 21.4. The molecule has 1 amide bonds. The molecule has 0 aromatic heterocycles. The molecule has 1 heterocycles. The van der Waals surface area contributed by atoms with E-state index in [1.54, 1.807) is 0 Å². The van der Waals surface area contributed by atoms with Crippen molar-refractivity contribution >= 4 is 5.91 Å². The van der Waals surface area contributed by atoms with Crippen LogP contribution < -0.4 is 5.32 Å². The quantitative estimate of drug-likeness (QED) is 0.0261. The molecule has 1 aliphatic heterocycles. The van der Waals surface area contributed by atoms with Crippen LogP contribution in [0.4, 0.5) is 0 Å². The van der Waals surface area contributed by atoms with Gasteiger partial charge < -0.3 is 40.3 Å². The molecular formula is C77H147NO8. The first-order valence-corrected chi connectivity index (χ1v) is 38.2. The number of carbonyl (C=O) groups excluding carboxylic acids is 1. The third-order valence-corrected chi connectivity index (χ3v) is 18.5. The largest absolute Gasteiger partial charge is 0.394 e. The molecule has 9 heteroatoms. The zero-order valence-electron chi connectivity index (χ0n) is 57.1. The number of aliphatic hydroxyl groups excluding tert-OH is 5. The summed E-state index contributed by atoms with van der Waals surface area (Å²) in [6, 6.07) is -0.720. The van der Waals surface area contributed by atoms with Gasteiger partial charge in [0.15, 0.2) is 6.29 Å². The van der Waals surface area contributed by atoms with E-state index >= 15 is 0 Å². The maximum atomic E-state index is 13.2. The average Bonchev–Trinajstić information content (AvgIpc) is 2.60. The molecule has 0 saturated carbocycles. The van der Waals surface area contributed by atoms with Crippen LogP contribution in [0.2, 0.25) is 0 Å². The molecule has 6 N–H and O–H groups in total. The molecular weight excluding hydrogens is 1070 g/mol. The van der Waals surface area contributed by atoms with Crippen LogP contribution in [-0.4, -0.2) is 87.5 Å². The normalized spacial score (nSPS) is 18.2. The van der Waals surface area contributed by atoms with Gasteiger partial charge in [0.1, 0.15) is 24.4 Å². The Morgan fingerprint density at radius 1 is 0.395 bits per heavy atom. The molecule has 0 radical (unpaired) electrons. The van der Waals surface area contributed by atoms with Gasteiger partial charge in [-0.3, -0.25) is 4.79 Å². The lowest BCUT2D eigenvalue weighted by molar-refractivity contribution is -0.302. The monoisotopic (exact) mass is 1210 g/mol. The fourth-order valence-electron chi connectivity index (χ4n) is 12.5. The Kier molecular flexibility index (Phi) is 63.6. The highest BCUT2D eigenvalue weighted by atomic mass is 16.7. The number of ether oxygens (including phenoxy) is 2. The SMILES string of the molecule is CCCCCCC/C=C\C/C=C\C/C=C\CCCCCCCCCCCCCCCCCCCCC(=O)NC(COC1OC(CO)C(O)C(O)C1O)C(O)CCCCCCCCCCCCCCCCCCCCCCCCCCCCCCCC. The lowest BCUT2D eigenvalue weighted by atomic mass is 9.99. The number of hydrogen-bond acceptors (Lipinski definition) is 8. The molecule has 0 aromatic rings. The molecule has 7 atom stereocenters. The molecule has 0 spiro atoms. The molecule has 1 fully saturated rings. The molecule has 1 rings (SSSR count). The van der Waals surface area contributed by atoms with Crippen molar-refractivity contribution in [3.8, 4) is 0 Å². The molecule has 9 nitrogen and oxygen atoms in total. The summed E-state index contributed by atoms with van der Waals surface area (Å²) >= 11 is 0. The number of nitrogens with one attached hydrogen (secondary N) is 1. The van der Waals surface area contributed by atoms with Crippen LogP contribution in [0.15, 0.2) is 36.5 Å². The first-order valence-electron chi connectivity index (χ1n) is 38.2. The molecule has 1 saturated heterocycles. The van der Waals surface area contributed by atoms with Crippen LogP contribution in [0.25, 0.3) is 0 Å². The van der Waals surface area contributed by atoms with Crippen molar-refractivity contribution in [2.24, 2.45) is 0 Å². The maximum absolute atomic E-state index is 13.2. The van der Waals surface area contributed by atoms with E-state index < -0.39 is 49.5 Å². The summed E-state index contributed by atoms with van der Waals surface area (Å²) in [6.07, 6.45) is 82.3. The van der Waals surface area contributed by atoms with Crippen molar-refractivity contribution < 1.29 is 39.8 Å². The van der Waals surface area contributed by atoms with Gasteiger partial charge in [0.05, 0.1) is 25.4 Å². The van der Waals surface area contributed by atoms with Crippen molar-refractivity contribution in [2.45, 2.75) is 436 Å². The van der Waals surface area contributed by atoms with E-state index in [4.69, 9.17) is 9.47 Å². The summed E-state index contributed by atoms with van der Waals surface area (Å²) in [4.78, 5) is 13.2. The minimum absolute atomic E-state index is 0.134. The van der Waals surface area contributed by atoms with Gasteiger partial charge in [-0.2, -0.15) is 0 Å². The van der Waals surface area contributed by atoms with Crippen molar-refractivity contribution in [2.75, 3.05) is 13.2 Å². The minimum Gasteiger partial charge on any atom is -0.394 e. The summed E-state index contributed by atoms with van der Waals surface area (Å²) in [5.41, 5.74) is 0. The third-order valence-electron chi connectivity index (χ3n) is 18.5. The zero-order chi connectivity index (χ0) is 62.1. The fourth-order valence-corrected chi connectivity index (χ4v) is 12.5. The second-order valence-corrected chi connectivity index (χ2v) is 26.8. The number of unbranched alkanes of at least 4 members (excludes halogenated alkanes) is 52. The number of hydrogen-bond donors (Lipinski definition) is 6. The molecule has 0 aliphatic carbocycles. The van der Waals surface area contributed by atoms with E-state index in [9.17, 15) is 30.3 Å². The number of amides is 1. The molecule has 0 bridgehead atoms. The standard InChI is InChI=1S/C77H147NO8/c1-3-5-7-9-11-13-15-17-19-21-23-25-27-29-31-33-35-36-37-39-41-43-45-47-49-51-53-55-57-59-61-63-65-67-73(81)78-70(69-85-77-76(84)75(83)74(82)72(68-79)86-77)71(80)66-64-62-60-58-56-54-52-50-48-46-44-42-40-38-34-32-30-28-26-24-22-20-18-16-14-12-10-8-6-4-2/h15,17,21,23,27,29,70-72,74-77,79-80,82-84H,3-14,16,18-20,22,24-26,28,30-69H2,1-2H3,(H,78,81)/b17-15-,23-21-,29-27-. The Morgan fingerprint density at radius 3 is 1.01 bits per heavy atom. The highest BCUT2D eigenvalue weighted by Gasteiger charge is 2.44. The van der Waals surface area contributed by atoms with Crippen LogP contribution >= 0.6 is 0 Å². The maximum Gasteiger partial charge on any atom is 0.220 e.